The van der Waals surface area contributed by atoms with Crippen LogP contribution in [-0.2, 0) is 0 Å². The van der Waals surface area contributed by atoms with Crippen molar-refractivity contribution in [3.63, 3.8) is 0 Å². The summed E-state index contributed by atoms with van der Waals surface area (Å²) in [7, 11) is 0. The van der Waals surface area contributed by atoms with Crippen LogP contribution in [0.3, 0.4) is 0 Å². The zero-order valence-corrected chi connectivity index (χ0v) is 11.4. The number of benzene rings is 2. The summed E-state index contributed by atoms with van der Waals surface area (Å²) in [6.07, 6.45) is 0.805. The Bertz CT molecular complexity index is 733. The van der Waals surface area contributed by atoms with Crippen LogP contribution in [0, 0.1) is 3.57 Å². The van der Waals surface area contributed by atoms with E-state index in [1.165, 1.54) is 0 Å². The monoisotopic (exact) mass is 349 g/mol. The lowest BCUT2D eigenvalue weighted by molar-refractivity contribution is 0.112. The standard InChI is InChI=1S/C14H8INO2/c15-11-3-1-2-10(7-11)14-16-12-6-9(8-17)4-5-13(12)18-14/h1-8H. The SMILES string of the molecule is O=Cc1ccc2oc(-c3cccc(I)c3)nc2c1. The third-order valence-electron chi connectivity index (χ3n) is 2.62. The first-order valence-corrected chi connectivity index (χ1v) is 6.46. The summed E-state index contributed by atoms with van der Waals surface area (Å²) in [6, 6.07) is 13.1. The summed E-state index contributed by atoms with van der Waals surface area (Å²) in [5.74, 6) is 0.576. The molecule has 0 fully saturated rings. The summed E-state index contributed by atoms with van der Waals surface area (Å²) in [4.78, 5) is 15.1. The van der Waals surface area contributed by atoms with Crippen molar-refractivity contribution < 1.29 is 9.21 Å². The molecule has 0 saturated heterocycles. The van der Waals surface area contributed by atoms with Crippen molar-refractivity contribution in [3.8, 4) is 11.5 Å². The van der Waals surface area contributed by atoms with Gasteiger partial charge in [-0.25, -0.2) is 4.98 Å². The Balaban J connectivity index is 2.16. The summed E-state index contributed by atoms with van der Waals surface area (Å²) >= 11 is 2.25. The van der Waals surface area contributed by atoms with Gasteiger partial charge in [-0.2, -0.15) is 0 Å². The molecule has 0 aliphatic rings. The zero-order valence-electron chi connectivity index (χ0n) is 9.26. The second-order valence-electron chi connectivity index (χ2n) is 3.87. The highest BCUT2D eigenvalue weighted by molar-refractivity contribution is 14.1. The molecule has 18 heavy (non-hydrogen) atoms. The first-order valence-electron chi connectivity index (χ1n) is 5.38. The smallest absolute Gasteiger partial charge is 0.227 e. The van der Waals surface area contributed by atoms with E-state index in [0.717, 1.165) is 15.4 Å². The van der Waals surface area contributed by atoms with Gasteiger partial charge in [-0.3, -0.25) is 4.79 Å². The predicted molar refractivity (Wildman–Crippen MR) is 77.5 cm³/mol. The Morgan fingerprint density at radius 2 is 2.06 bits per heavy atom. The summed E-state index contributed by atoms with van der Waals surface area (Å²) in [5.41, 5.74) is 2.93. The molecule has 0 N–H and O–H groups in total. The first-order chi connectivity index (χ1) is 8.76. The maximum Gasteiger partial charge on any atom is 0.227 e. The molecule has 0 aliphatic carbocycles. The molecule has 2 aromatic carbocycles. The molecule has 0 bridgehead atoms. The van der Waals surface area contributed by atoms with Gasteiger partial charge in [-0.05, 0) is 59.0 Å². The fourth-order valence-electron chi connectivity index (χ4n) is 1.76. The highest BCUT2D eigenvalue weighted by Gasteiger charge is 2.08. The number of rotatable bonds is 2. The van der Waals surface area contributed by atoms with E-state index in [1.807, 2.05) is 24.3 Å². The molecule has 0 saturated carbocycles. The van der Waals surface area contributed by atoms with Crippen LogP contribution in [0.25, 0.3) is 22.6 Å². The van der Waals surface area contributed by atoms with Gasteiger partial charge in [0.25, 0.3) is 0 Å². The van der Waals surface area contributed by atoms with E-state index >= 15 is 0 Å². The van der Waals surface area contributed by atoms with Crippen molar-refractivity contribution >= 4 is 40.0 Å². The highest BCUT2D eigenvalue weighted by atomic mass is 127. The van der Waals surface area contributed by atoms with Crippen LogP contribution in [0.15, 0.2) is 46.9 Å². The van der Waals surface area contributed by atoms with Crippen LogP contribution >= 0.6 is 22.6 Å². The maximum absolute atomic E-state index is 10.7. The van der Waals surface area contributed by atoms with Gasteiger partial charge < -0.3 is 4.42 Å². The van der Waals surface area contributed by atoms with Crippen molar-refractivity contribution in [2.45, 2.75) is 0 Å². The van der Waals surface area contributed by atoms with Crippen molar-refractivity contribution in [2.24, 2.45) is 0 Å². The molecule has 0 spiro atoms. The van der Waals surface area contributed by atoms with Gasteiger partial charge in [0.2, 0.25) is 5.89 Å². The average Bonchev–Trinajstić information content (AvgIpc) is 2.81. The van der Waals surface area contributed by atoms with E-state index in [-0.39, 0.29) is 0 Å². The quantitative estimate of drug-likeness (QED) is 0.520. The molecule has 0 atom stereocenters. The molecule has 0 radical (unpaired) electrons. The predicted octanol–water partition coefficient (Wildman–Crippen LogP) is 3.91. The molecule has 3 nitrogen and oxygen atoms in total. The van der Waals surface area contributed by atoms with Gasteiger partial charge in [0, 0.05) is 14.7 Å². The second kappa shape index (κ2) is 4.53. The van der Waals surface area contributed by atoms with Gasteiger partial charge >= 0.3 is 0 Å². The van der Waals surface area contributed by atoms with E-state index in [2.05, 4.69) is 27.6 Å². The summed E-state index contributed by atoms with van der Waals surface area (Å²) in [6.45, 7) is 0. The van der Waals surface area contributed by atoms with Crippen molar-refractivity contribution in [2.75, 3.05) is 0 Å². The topological polar surface area (TPSA) is 43.1 Å². The van der Waals surface area contributed by atoms with Crippen molar-refractivity contribution in [1.82, 2.24) is 4.98 Å². The average molecular weight is 349 g/mol. The number of hydrogen-bond acceptors (Lipinski definition) is 3. The van der Waals surface area contributed by atoms with Crippen LogP contribution in [0.4, 0.5) is 0 Å². The van der Waals surface area contributed by atoms with Crippen molar-refractivity contribution in [3.05, 3.63) is 51.6 Å². The summed E-state index contributed by atoms with van der Waals surface area (Å²) in [5, 5.41) is 0. The van der Waals surface area contributed by atoms with E-state index in [9.17, 15) is 4.79 Å². The Morgan fingerprint density at radius 3 is 2.83 bits per heavy atom. The molecule has 1 heterocycles. The molecule has 3 aromatic rings. The molecule has 0 aliphatic heterocycles. The van der Waals surface area contributed by atoms with E-state index < -0.39 is 0 Å². The number of fused-ring (bicyclic) bond motifs is 1. The second-order valence-corrected chi connectivity index (χ2v) is 5.12. The Hall–Kier alpha value is -1.69. The summed E-state index contributed by atoms with van der Waals surface area (Å²) < 4.78 is 6.80. The highest BCUT2D eigenvalue weighted by Crippen LogP contribution is 2.25. The number of aromatic nitrogens is 1. The third-order valence-corrected chi connectivity index (χ3v) is 3.29. The van der Waals surface area contributed by atoms with Crippen LogP contribution < -0.4 is 0 Å². The van der Waals surface area contributed by atoms with Gasteiger partial charge in [0.05, 0.1) is 0 Å². The van der Waals surface area contributed by atoms with Crippen LogP contribution in [0.5, 0.6) is 0 Å². The van der Waals surface area contributed by atoms with Gasteiger partial charge in [0.1, 0.15) is 11.8 Å². The lowest BCUT2D eigenvalue weighted by atomic mass is 10.2. The van der Waals surface area contributed by atoms with Gasteiger partial charge in [-0.1, -0.05) is 6.07 Å². The Labute approximate surface area is 117 Å². The number of carbonyl (C=O) groups excluding carboxylic acids is 1. The first kappa shape index (κ1) is 11.4. The molecular weight excluding hydrogens is 341 g/mol. The van der Waals surface area contributed by atoms with Crippen LogP contribution in [0.2, 0.25) is 0 Å². The molecule has 3 rings (SSSR count). The normalized spacial score (nSPS) is 10.7. The minimum Gasteiger partial charge on any atom is -0.436 e. The lowest BCUT2D eigenvalue weighted by Crippen LogP contribution is -1.79. The van der Waals surface area contributed by atoms with Crippen LogP contribution in [-0.4, -0.2) is 11.3 Å². The van der Waals surface area contributed by atoms with Gasteiger partial charge in [-0.15, -0.1) is 0 Å². The molecule has 1 aromatic heterocycles. The molecule has 0 unspecified atom stereocenters. The van der Waals surface area contributed by atoms with E-state index in [0.29, 0.717) is 22.6 Å². The Morgan fingerprint density at radius 1 is 1.17 bits per heavy atom. The number of nitrogens with zero attached hydrogens (tertiary/aromatic N) is 1. The van der Waals surface area contributed by atoms with Crippen molar-refractivity contribution in [1.29, 1.82) is 0 Å². The third kappa shape index (κ3) is 2.03. The minimum atomic E-state index is 0.576. The molecule has 88 valence electrons. The fourth-order valence-corrected chi connectivity index (χ4v) is 2.31. The zero-order chi connectivity index (χ0) is 12.5. The van der Waals surface area contributed by atoms with E-state index in [4.69, 9.17) is 4.42 Å². The minimum absolute atomic E-state index is 0.576. The number of aldehydes is 1. The molecular formula is C14H8INO2. The fraction of sp³-hybridized carbons (Fsp3) is 0. The van der Waals surface area contributed by atoms with Gasteiger partial charge in [0.15, 0.2) is 5.58 Å². The number of carbonyl (C=O) groups is 1. The Kier molecular flexibility index (Phi) is 2.87. The number of halogens is 1. The number of oxazole rings is 1. The lowest BCUT2D eigenvalue weighted by Gasteiger charge is -1.94. The van der Waals surface area contributed by atoms with E-state index in [1.54, 1.807) is 18.2 Å². The molecule has 0 amide bonds. The number of hydrogen-bond donors (Lipinski definition) is 0. The molecule has 4 heteroatoms. The largest absolute Gasteiger partial charge is 0.436 e. The van der Waals surface area contributed by atoms with Crippen LogP contribution in [0.1, 0.15) is 10.4 Å². The maximum atomic E-state index is 10.7.